The van der Waals surface area contributed by atoms with Crippen molar-refractivity contribution in [2.45, 2.75) is 18.9 Å². The minimum absolute atomic E-state index is 0.0554. The number of rotatable bonds is 4. The van der Waals surface area contributed by atoms with Crippen molar-refractivity contribution in [2.75, 3.05) is 18.4 Å². The normalized spacial score (nSPS) is 14.8. The molecule has 6 nitrogen and oxygen atoms in total. The van der Waals surface area contributed by atoms with Gasteiger partial charge in [0.25, 0.3) is 11.8 Å². The Kier molecular flexibility index (Phi) is 5.21. The number of nitrogens with one attached hydrogen (secondary N) is 1. The van der Waals surface area contributed by atoms with E-state index in [1.54, 1.807) is 23.0 Å². The highest BCUT2D eigenvalue weighted by Crippen LogP contribution is 2.26. The second-order valence-electron chi connectivity index (χ2n) is 6.66. The van der Waals surface area contributed by atoms with Crippen LogP contribution in [0.25, 0.3) is 0 Å². The zero-order valence-corrected chi connectivity index (χ0v) is 15.9. The van der Waals surface area contributed by atoms with Crippen LogP contribution in [0.2, 0.25) is 0 Å². The van der Waals surface area contributed by atoms with Gasteiger partial charge < -0.3 is 10.2 Å². The van der Waals surface area contributed by atoms with Gasteiger partial charge in [-0.1, -0.05) is 6.07 Å². The lowest BCUT2D eigenvalue weighted by molar-refractivity contribution is 0.0691. The molecule has 3 aromatic rings. The van der Waals surface area contributed by atoms with Crippen molar-refractivity contribution in [3.63, 3.8) is 0 Å². The Balaban J connectivity index is 1.41. The van der Waals surface area contributed by atoms with Crippen LogP contribution in [0.15, 0.2) is 53.4 Å². The molecule has 1 aliphatic heterocycles. The molecule has 28 heavy (non-hydrogen) atoms. The summed E-state index contributed by atoms with van der Waals surface area (Å²) in [6.07, 6.45) is 3.13. The molecule has 0 spiro atoms. The smallest absolute Gasteiger partial charge is 0.256 e. The van der Waals surface area contributed by atoms with Crippen molar-refractivity contribution >= 4 is 29.0 Å². The monoisotopic (exact) mass is 398 g/mol. The number of thiophene rings is 1. The van der Waals surface area contributed by atoms with Gasteiger partial charge >= 0.3 is 0 Å². The molecular weight excluding hydrogens is 379 g/mol. The van der Waals surface area contributed by atoms with Crippen LogP contribution in [-0.2, 0) is 0 Å². The average Bonchev–Trinajstić information content (AvgIpc) is 3.40. The summed E-state index contributed by atoms with van der Waals surface area (Å²) >= 11 is 1.51. The van der Waals surface area contributed by atoms with Gasteiger partial charge in [0.1, 0.15) is 11.6 Å². The van der Waals surface area contributed by atoms with Gasteiger partial charge in [0.15, 0.2) is 0 Å². The second-order valence-corrected chi connectivity index (χ2v) is 7.44. The van der Waals surface area contributed by atoms with Crippen LogP contribution in [0.3, 0.4) is 0 Å². The number of piperidine rings is 1. The van der Waals surface area contributed by atoms with Crippen LogP contribution in [0, 0.1) is 5.82 Å². The maximum atomic E-state index is 13.4. The molecule has 0 bridgehead atoms. The number of amides is 2. The van der Waals surface area contributed by atoms with Crippen LogP contribution in [0.4, 0.5) is 10.2 Å². The molecule has 1 aliphatic rings. The first-order valence-corrected chi connectivity index (χ1v) is 9.98. The van der Waals surface area contributed by atoms with Gasteiger partial charge in [0, 0.05) is 30.1 Å². The number of benzene rings is 1. The molecule has 144 valence electrons. The summed E-state index contributed by atoms with van der Waals surface area (Å²) < 4.78 is 15.1. The number of aromatic nitrogens is 2. The first-order valence-electron chi connectivity index (χ1n) is 9.04. The van der Waals surface area contributed by atoms with Crippen molar-refractivity contribution in [2.24, 2.45) is 0 Å². The number of nitrogens with zero attached hydrogens (tertiary/aromatic N) is 3. The Labute approximate surface area is 165 Å². The molecule has 0 atom stereocenters. The van der Waals surface area contributed by atoms with Crippen LogP contribution in [-0.4, -0.2) is 39.6 Å². The van der Waals surface area contributed by atoms with Crippen molar-refractivity contribution in [1.29, 1.82) is 0 Å². The molecule has 1 saturated heterocycles. The maximum Gasteiger partial charge on any atom is 0.256 e. The molecule has 0 saturated carbocycles. The van der Waals surface area contributed by atoms with E-state index in [-0.39, 0.29) is 23.4 Å². The minimum atomic E-state index is -0.455. The van der Waals surface area contributed by atoms with E-state index in [0.717, 1.165) is 18.4 Å². The molecule has 4 rings (SSSR count). The zero-order chi connectivity index (χ0) is 19.5. The lowest BCUT2D eigenvalue weighted by Crippen LogP contribution is -2.39. The number of carbonyl (C=O) groups is 2. The lowest BCUT2D eigenvalue weighted by Gasteiger charge is -2.32. The predicted molar refractivity (Wildman–Crippen MR) is 105 cm³/mol. The van der Waals surface area contributed by atoms with Gasteiger partial charge in [-0.25, -0.2) is 9.07 Å². The highest BCUT2D eigenvalue weighted by atomic mass is 32.1. The number of halogens is 1. The van der Waals surface area contributed by atoms with E-state index in [1.807, 2.05) is 21.7 Å². The predicted octanol–water partition coefficient (Wildman–Crippen LogP) is 3.81. The summed E-state index contributed by atoms with van der Waals surface area (Å²) in [6, 6.07) is 9.21. The fourth-order valence-corrected chi connectivity index (χ4v) is 4.03. The van der Waals surface area contributed by atoms with Crippen molar-refractivity contribution in [3.8, 4) is 0 Å². The molecular formula is C20H19FN4O2S. The van der Waals surface area contributed by atoms with Crippen LogP contribution >= 0.6 is 11.3 Å². The largest absolute Gasteiger partial charge is 0.338 e. The number of likely N-dealkylation sites (tertiary alicyclic amines) is 1. The summed E-state index contributed by atoms with van der Waals surface area (Å²) in [5.41, 5.74) is 0.981. The van der Waals surface area contributed by atoms with Gasteiger partial charge in [-0.05, 0) is 42.5 Å². The van der Waals surface area contributed by atoms with E-state index in [4.69, 9.17) is 0 Å². The minimum Gasteiger partial charge on any atom is -0.338 e. The summed E-state index contributed by atoms with van der Waals surface area (Å²) in [6.45, 7) is 1.27. The molecule has 0 aliphatic carbocycles. The Morgan fingerprint density at radius 2 is 1.96 bits per heavy atom. The summed E-state index contributed by atoms with van der Waals surface area (Å²) in [4.78, 5) is 26.7. The lowest BCUT2D eigenvalue weighted by atomic mass is 10.0. The van der Waals surface area contributed by atoms with E-state index in [2.05, 4.69) is 10.4 Å². The molecule has 1 fully saturated rings. The molecule has 0 unspecified atom stereocenters. The Morgan fingerprint density at radius 1 is 1.14 bits per heavy atom. The number of anilines is 1. The maximum absolute atomic E-state index is 13.4. The van der Waals surface area contributed by atoms with E-state index >= 15 is 0 Å². The van der Waals surface area contributed by atoms with Gasteiger partial charge in [-0.2, -0.15) is 16.4 Å². The standard InChI is InChI=1S/C20H19FN4O2S/c21-16-3-1-2-14(12-16)19(26)23-18-4-8-22-25(18)17-5-9-24(10-6-17)20(27)15-7-11-28-13-15/h1-4,7-8,11-13,17H,5-6,9-10H2,(H,23,26). The van der Waals surface area contributed by atoms with Gasteiger partial charge in [0.2, 0.25) is 0 Å². The number of hydrogen-bond acceptors (Lipinski definition) is 4. The van der Waals surface area contributed by atoms with Crippen LogP contribution in [0.5, 0.6) is 0 Å². The first kappa shape index (κ1) is 18.4. The van der Waals surface area contributed by atoms with Crippen LogP contribution < -0.4 is 5.32 Å². The van der Waals surface area contributed by atoms with E-state index in [1.165, 1.54) is 29.5 Å². The SMILES string of the molecule is O=C(Nc1ccnn1C1CCN(C(=O)c2ccsc2)CC1)c1cccc(F)c1. The number of hydrogen-bond donors (Lipinski definition) is 1. The number of carbonyl (C=O) groups excluding carboxylic acids is 2. The summed E-state index contributed by atoms with van der Waals surface area (Å²) in [5, 5.41) is 10.9. The third-order valence-electron chi connectivity index (χ3n) is 4.86. The van der Waals surface area contributed by atoms with E-state index < -0.39 is 5.82 Å². The molecule has 8 heteroatoms. The topological polar surface area (TPSA) is 67.2 Å². The first-order chi connectivity index (χ1) is 13.6. The zero-order valence-electron chi connectivity index (χ0n) is 15.0. The average molecular weight is 398 g/mol. The quantitative estimate of drug-likeness (QED) is 0.727. The van der Waals surface area contributed by atoms with Crippen molar-refractivity contribution in [3.05, 3.63) is 70.3 Å². The Hall–Kier alpha value is -3.00. The fraction of sp³-hybridized carbons (Fsp3) is 0.250. The van der Waals surface area contributed by atoms with E-state index in [9.17, 15) is 14.0 Å². The highest BCUT2D eigenvalue weighted by molar-refractivity contribution is 7.08. The third kappa shape index (κ3) is 3.82. The molecule has 3 heterocycles. The van der Waals surface area contributed by atoms with E-state index in [0.29, 0.717) is 18.9 Å². The Bertz CT molecular complexity index is 978. The second kappa shape index (κ2) is 7.93. The molecule has 2 aromatic heterocycles. The van der Waals surface area contributed by atoms with Crippen LogP contribution in [0.1, 0.15) is 39.6 Å². The summed E-state index contributed by atoms with van der Waals surface area (Å²) in [7, 11) is 0. The van der Waals surface area contributed by atoms with Gasteiger partial charge in [0.05, 0.1) is 17.8 Å². The summed E-state index contributed by atoms with van der Waals surface area (Å²) in [5.74, 6) is -0.216. The third-order valence-corrected chi connectivity index (χ3v) is 5.55. The fourth-order valence-electron chi connectivity index (χ4n) is 3.40. The molecule has 2 amide bonds. The molecule has 1 N–H and O–H groups in total. The highest BCUT2D eigenvalue weighted by Gasteiger charge is 2.26. The van der Waals surface area contributed by atoms with Crippen molar-refractivity contribution < 1.29 is 14.0 Å². The molecule has 0 radical (unpaired) electrons. The van der Waals surface area contributed by atoms with Gasteiger partial charge in [-0.15, -0.1) is 0 Å². The van der Waals surface area contributed by atoms with Gasteiger partial charge in [-0.3, -0.25) is 9.59 Å². The Morgan fingerprint density at radius 3 is 2.68 bits per heavy atom. The molecule has 1 aromatic carbocycles. The van der Waals surface area contributed by atoms with Crippen molar-refractivity contribution in [1.82, 2.24) is 14.7 Å².